The summed E-state index contributed by atoms with van der Waals surface area (Å²) in [6.07, 6.45) is 6.31. The molecule has 0 radical (unpaired) electrons. The van der Waals surface area contributed by atoms with Crippen LogP contribution in [0, 0.1) is 18.8 Å². The van der Waals surface area contributed by atoms with Crippen molar-refractivity contribution in [2.45, 2.75) is 64.9 Å². The summed E-state index contributed by atoms with van der Waals surface area (Å²) in [4.78, 5) is 25.1. The molecule has 2 fully saturated rings. The summed E-state index contributed by atoms with van der Waals surface area (Å²) < 4.78 is 5.56. The predicted octanol–water partition coefficient (Wildman–Crippen LogP) is 3.60. The highest BCUT2D eigenvalue weighted by Gasteiger charge is 2.30. The molecule has 5 nitrogen and oxygen atoms in total. The summed E-state index contributed by atoms with van der Waals surface area (Å²) in [5.41, 5.74) is 3.23. The lowest BCUT2D eigenvalue weighted by atomic mass is 9.81. The zero-order valence-electron chi connectivity index (χ0n) is 16.6. The minimum absolute atomic E-state index is 0.00322. The second-order valence-corrected chi connectivity index (χ2v) is 7.88. The predicted molar refractivity (Wildman–Crippen MR) is 107 cm³/mol. The van der Waals surface area contributed by atoms with Crippen LogP contribution in [-0.4, -0.2) is 31.1 Å². The molecule has 27 heavy (non-hydrogen) atoms. The third kappa shape index (κ3) is 5.10. The van der Waals surface area contributed by atoms with Crippen LogP contribution in [0.3, 0.4) is 0 Å². The number of anilines is 1. The minimum Gasteiger partial charge on any atom is -0.376 e. The lowest BCUT2D eigenvalue weighted by molar-refractivity contribution is -0.128. The standard InChI is InChI=1S/C22H32N2O3/c1-3-16-7-4-6-15(2)20(16)24-22(26)18-11-9-17(10-12-18)21(25)23-14-19-8-5-13-27-19/h4,6-7,17-19H,3,5,8-14H2,1-2H3,(H,23,25)(H,24,26). The van der Waals surface area contributed by atoms with Crippen molar-refractivity contribution in [3.63, 3.8) is 0 Å². The zero-order valence-corrected chi connectivity index (χ0v) is 16.6. The first-order valence-electron chi connectivity index (χ1n) is 10.4. The number of para-hydroxylation sites is 1. The maximum absolute atomic E-state index is 12.7. The number of hydrogen-bond acceptors (Lipinski definition) is 3. The van der Waals surface area contributed by atoms with E-state index in [2.05, 4.69) is 23.6 Å². The van der Waals surface area contributed by atoms with Gasteiger partial charge in [0.05, 0.1) is 6.10 Å². The van der Waals surface area contributed by atoms with Crippen LogP contribution in [0.25, 0.3) is 0 Å². The molecular formula is C22H32N2O3. The van der Waals surface area contributed by atoms with E-state index in [0.29, 0.717) is 6.54 Å². The van der Waals surface area contributed by atoms with Crippen LogP contribution >= 0.6 is 0 Å². The highest BCUT2D eigenvalue weighted by atomic mass is 16.5. The molecule has 0 bridgehead atoms. The maximum Gasteiger partial charge on any atom is 0.227 e. The Kier molecular flexibility index (Phi) is 6.89. The quantitative estimate of drug-likeness (QED) is 0.802. The van der Waals surface area contributed by atoms with Gasteiger partial charge >= 0.3 is 0 Å². The number of benzene rings is 1. The number of hydrogen-bond donors (Lipinski definition) is 2. The molecule has 1 unspecified atom stereocenters. The molecule has 3 rings (SSSR count). The number of carbonyl (C=O) groups excluding carboxylic acids is 2. The fraction of sp³-hybridized carbons (Fsp3) is 0.636. The number of rotatable bonds is 6. The minimum atomic E-state index is -0.00322. The summed E-state index contributed by atoms with van der Waals surface area (Å²) in [6, 6.07) is 6.13. The molecule has 1 atom stereocenters. The second-order valence-electron chi connectivity index (χ2n) is 7.88. The number of ether oxygens (including phenoxy) is 1. The first-order valence-corrected chi connectivity index (χ1v) is 10.4. The van der Waals surface area contributed by atoms with E-state index in [0.717, 1.165) is 62.8 Å². The number of nitrogens with one attached hydrogen (secondary N) is 2. The molecule has 148 valence electrons. The van der Waals surface area contributed by atoms with Gasteiger partial charge < -0.3 is 15.4 Å². The molecule has 2 aliphatic rings. The van der Waals surface area contributed by atoms with E-state index in [9.17, 15) is 9.59 Å². The van der Waals surface area contributed by atoms with Gasteiger partial charge in [-0.1, -0.05) is 25.1 Å². The van der Waals surface area contributed by atoms with E-state index in [1.54, 1.807) is 0 Å². The fourth-order valence-electron chi connectivity index (χ4n) is 4.21. The lowest BCUT2D eigenvalue weighted by Gasteiger charge is -2.28. The van der Waals surface area contributed by atoms with Crippen molar-refractivity contribution in [3.8, 4) is 0 Å². The van der Waals surface area contributed by atoms with Crippen LogP contribution in [0.1, 0.15) is 56.6 Å². The van der Waals surface area contributed by atoms with Gasteiger partial charge in [0.2, 0.25) is 11.8 Å². The summed E-state index contributed by atoms with van der Waals surface area (Å²) in [5, 5.41) is 6.19. The molecule has 2 N–H and O–H groups in total. The van der Waals surface area contributed by atoms with Crippen LogP contribution < -0.4 is 10.6 Å². The zero-order chi connectivity index (χ0) is 19.2. The van der Waals surface area contributed by atoms with Gasteiger partial charge in [-0.25, -0.2) is 0 Å². The van der Waals surface area contributed by atoms with Crippen LogP contribution in [0.2, 0.25) is 0 Å². The average molecular weight is 373 g/mol. The molecule has 2 amide bonds. The molecule has 1 aromatic carbocycles. The second kappa shape index (κ2) is 9.36. The first-order chi connectivity index (χ1) is 13.1. The molecule has 1 aromatic rings. The van der Waals surface area contributed by atoms with Crippen molar-refractivity contribution in [2.75, 3.05) is 18.5 Å². The van der Waals surface area contributed by atoms with Gasteiger partial charge in [-0.3, -0.25) is 9.59 Å². The van der Waals surface area contributed by atoms with Gasteiger partial charge in [-0.2, -0.15) is 0 Å². The summed E-state index contributed by atoms with van der Waals surface area (Å²) in [5.74, 6) is 0.241. The Morgan fingerprint density at radius 2 is 1.78 bits per heavy atom. The topological polar surface area (TPSA) is 67.4 Å². The Morgan fingerprint density at radius 3 is 2.41 bits per heavy atom. The fourth-order valence-corrected chi connectivity index (χ4v) is 4.21. The third-order valence-corrected chi connectivity index (χ3v) is 5.98. The summed E-state index contributed by atoms with van der Waals surface area (Å²) >= 11 is 0. The smallest absolute Gasteiger partial charge is 0.227 e. The number of amides is 2. The Balaban J connectivity index is 1.47. The van der Waals surface area contributed by atoms with Crippen LogP contribution in [0.15, 0.2) is 18.2 Å². The first kappa shape index (κ1) is 19.9. The Morgan fingerprint density at radius 1 is 1.07 bits per heavy atom. The van der Waals surface area contributed by atoms with Crippen LogP contribution in [-0.2, 0) is 20.7 Å². The van der Waals surface area contributed by atoms with E-state index in [1.165, 1.54) is 5.56 Å². The highest BCUT2D eigenvalue weighted by molar-refractivity contribution is 5.94. The van der Waals surface area contributed by atoms with Gasteiger partial charge in [-0.15, -0.1) is 0 Å². The van der Waals surface area contributed by atoms with Crippen molar-refractivity contribution in [1.29, 1.82) is 0 Å². The molecule has 1 saturated carbocycles. The summed E-state index contributed by atoms with van der Waals surface area (Å²) in [7, 11) is 0. The Labute approximate surface area is 162 Å². The molecule has 0 aromatic heterocycles. The Hall–Kier alpha value is -1.88. The van der Waals surface area contributed by atoms with Crippen molar-refractivity contribution in [3.05, 3.63) is 29.3 Å². The largest absolute Gasteiger partial charge is 0.376 e. The Bertz CT molecular complexity index is 660. The molecule has 1 aliphatic carbocycles. The normalized spacial score (nSPS) is 25.2. The van der Waals surface area contributed by atoms with E-state index in [1.807, 2.05) is 19.1 Å². The number of aryl methyl sites for hydroxylation is 2. The van der Waals surface area contributed by atoms with Gasteiger partial charge in [0.15, 0.2) is 0 Å². The van der Waals surface area contributed by atoms with Gasteiger partial charge in [-0.05, 0) is 63.0 Å². The van der Waals surface area contributed by atoms with E-state index >= 15 is 0 Å². The monoisotopic (exact) mass is 372 g/mol. The van der Waals surface area contributed by atoms with E-state index in [4.69, 9.17) is 4.74 Å². The molecule has 0 spiro atoms. The van der Waals surface area contributed by atoms with Gasteiger partial charge in [0, 0.05) is 30.7 Å². The van der Waals surface area contributed by atoms with Gasteiger partial charge in [0.1, 0.15) is 0 Å². The van der Waals surface area contributed by atoms with Crippen LogP contribution in [0.4, 0.5) is 5.69 Å². The van der Waals surface area contributed by atoms with E-state index < -0.39 is 0 Å². The number of carbonyl (C=O) groups is 2. The average Bonchev–Trinajstić information content (AvgIpc) is 3.21. The van der Waals surface area contributed by atoms with Crippen molar-refractivity contribution >= 4 is 17.5 Å². The van der Waals surface area contributed by atoms with Crippen molar-refractivity contribution < 1.29 is 14.3 Å². The van der Waals surface area contributed by atoms with E-state index in [-0.39, 0.29) is 29.8 Å². The molecule has 1 aliphatic heterocycles. The molecule has 1 heterocycles. The molecular weight excluding hydrogens is 340 g/mol. The highest BCUT2D eigenvalue weighted by Crippen LogP contribution is 2.31. The molecule has 5 heteroatoms. The molecule has 1 saturated heterocycles. The van der Waals surface area contributed by atoms with Crippen molar-refractivity contribution in [1.82, 2.24) is 5.32 Å². The lowest BCUT2D eigenvalue weighted by Crippen LogP contribution is -2.38. The summed E-state index contributed by atoms with van der Waals surface area (Å²) in [6.45, 7) is 5.56. The van der Waals surface area contributed by atoms with Gasteiger partial charge in [0.25, 0.3) is 0 Å². The SMILES string of the molecule is CCc1cccc(C)c1NC(=O)C1CCC(C(=O)NCC2CCCO2)CC1. The van der Waals surface area contributed by atoms with Crippen molar-refractivity contribution in [2.24, 2.45) is 11.8 Å². The van der Waals surface area contributed by atoms with Crippen LogP contribution in [0.5, 0.6) is 0 Å². The third-order valence-electron chi connectivity index (χ3n) is 5.98. The maximum atomic E-state index is 12.7.